The molecule has 1 aromatic carbocycles. The van der Waals surface area contributed by atoms with Gasteiger partial charge in [0.25, 0.3) is 0 Å². The van der Waals surface area contributed by atoms with Crippen molar-refractivity contribution in [2.24, 2.45) is 0 Å². The summed E-state index contributed by atoms with van der Waals surface area (Å²) in [6, 6.07) is 5.24. The number of aliphatic hydroxyl groups excluding tert-OH is 1. The van der Waals surface area contributed by atoms with Gasteiger partial charge in [0.1, 0.15) is 0 Å². The summed E-state index contributed by atoms with van der Waals surface area (Å²) in [6.07, 6.45) is 3.24. The molecule has 1 atom stereocenters. The van der Waals surface area contributed by atoms with Crippen LogP contribution in [0.1, 0.15) is 5.56 Å². The number of carbonyl (C=O) groups is 1. The van der Waals surface area contributed by atoms with Crippen LogP contribution in [-0.2, 0) is 9.53 Å². The molecule has 6 nitrogen and oxygen atoms in total. The Hall–Kier alpha value is -2.05. The number of aliphatic hydroxyl groups is 1. The molecular weight excluding hydrogens is 274 g/mol. The molecule has 1 saturated heterocycles. The van der Waals surface area contributed by atoms with Crippen LogP contribution < -0.4 is 9.47 Å². The molecule has 112 valence electrons. The Morgan fingerprint density at radius 3 is 3.10 bits per heavy atom. The van der Waals surface area contributed by atoms with Gasteiger partial charge < -0.3 is 24.2 Å². The smallest absolute Gasteiger partial charge is 0.247 e. The second-order valence-electron chi connectivity index (χ2n) is 4.89. The lowest BCUT2D eigenvalue weighted by molar-refractivity contribution is -0.136. The van der Waals surface area contributed by atoms with Crippen molar-refractivity contribution in [1.29, 1.82) is 0 Å². The molecular formula is C15H17NO5. The molecule has 1 aromatic rings. The molecule has 0 bridgehead atoms. The fourth-order valence-corrected chi connectivity index (χ4v) is 2.38. The zero-order valence-electron chi connectivity index (χ0n) is 11.5. The standard InChI is InChI=1S/C15H17NO5/c17-8-12-9-19-6-5-16(12)15(18)4-2-11-1-3-13-14(7-11)21-10-20-13/h1-4,7,12,17H,5-6,8-10H2/b4-2+. The first kappa shape index (κ1) is 13.9. The number of benzene rings is 1. The van der Waals surface area contributed by atoms with E-state index in [0.717, 1.165) is 5.56 Å². The van der Waals surface area contributed by atoms with E-state index in [1.165, 1.54) is 6.08 Å². The van der Waals surface area contributed by atoms with Crippen molar-refractivity contribution < 1.29 is 24.1 Å². The van der Waals surface area contributed by atoms with Crippen LogP contribution in [0.25, 0.3) is 6.08 Å². The van der Waals surface area contributed by atoms with E-state index in [-0.39, 0.29) is 25.3 Å². The van der Waals surface area contributed by atoms with Crippen molar-refractivity contribution in [3.63, 3.8) is 0 Å². The van der Waals surface area contributed by atoms with Gasteiger partial charge in [-0.05, 0) is 23.8 Å². The van der Waals surface area contributed by atoms with Crippen molar-refractivity contribution in [3.8, 4) is 11.5 Å². The lowest BCUT2D eigenvalue weighted by Gasteiger charge is -2.33. The van der Waals surface area contributed by atoms with Crippen LogP contribution >= 0.6 is 0 Å². The van der Waals surface area contributed by atoms with Gasteiger partial charge >= 0.3 is 0 Å². The number of rotatable bonds is 3. The minimum atomic E-state index is -0.271. The third-order valence-electron chi connectivity index (χ3n) is 3.54. The molecule has 1 unspecified atom stereocenters. The predicted octanol–water partition coefficient (Wildman–Crippen LogP) is 0.648. The molecule has 21 heavy (non-hydrogen) atoms. The molecule has 1 amide bonds. The van der Waals surface area contributed by atoms with Crippen molar-refractivity contribution in [1.82, 2.24) is 4.90 Å². The Morgan fingerprint density at radius 2 is 2.24 bits per heavy atom. The highest BCUT2D eigenvalue weighted by Gasteiger charge is 2.25. The van der Waals surface area contributed by atoms with Crippen LogP contribution in [-0.4, -0.2) is 55.1 Å². The van der Waals surface area contributed by atoms with Crippen molar-refractivity contribution in [2.75, 3.05) is 33.2 Å². The van der Waals surface area contributed by atoms with E-state index in [0.29, 0.717) is 31.3 Å². The molecule has 0 aromatic heterocycles. The summed E-state index contributed by atoms with van der Waals surface area (Å²) < 4.78 is 15.8. The summed E-state index contributed by atoms with van der Waals surface area (Å²) in [5.74, 6) is 1.27. The van der Waals surface area contributed by atoms with Gasteiger partial charge in [-0.15, -0.1) is 0 Å². The van der Waals surface area contributed by atoms with Gasteiger partial charge in [0.05, 0.1) is 25.9 Å². The highest BCUT2D eigenvalue weighted by atomic mass is 16.7. The summed E-state index contributed by atoms with van der Waals surface area (Å²) in [7, 11) is 0. The van der Waals surface area contributed by atoms with Crippen LogP contribution in [0.3, 0.4) is 0 Å². The van der Waals surface area contributed by atoms with Crippen molar-refractivity contribution >= 4 is 12.0 Å². The first-order chi connectivity index (χ1) is 10.3. The normalized spacial score (nSPS) is 21.0. The van der Waals surface area contributed by atoms with Crippen LogP contribution in [0.2, 0.25) is 0 Å². The average Bonchev–Trinajstić information content (AvgIpc) is 3.00. The van der Waals surface area contributed by atoms with E-state index in [4.69, 9.17) is 14.2 Å². The van der Waals surface area contributed by atoms with Gasteiger partial charge in [-0.2, -0.15) is 0 Å². The van der Waals surface area contributed by atoms with Gasteiger partial charge in [-0.3, -0.25) is 4.79 Å². The van der Waals surface area contributed by atoms with Crippen LogP contribution in [0.15, 0.2) is 24.3 Å². The van der Waals surface area contributed by atoms with Gasteiger partial charge in [-0.1, -0.05) is 6.07 Å². The number of ether oxygens (including phenoxy) is 3. The largest absolute Gasteiger partial charge is 0.454 e. The Labute approximate surface area is 122 Å². The van der Waals surface area contributed by atoms with E-state index >= 15 is 0 Å². The number of morpholine rings is 1. The zero-order valence-corrected chi connectivity index (χ0v) is 11.5. The van der Waals surface area contributed by atoms with Crippen molar-refractivity contribution in [3.05, 3.63) is 29.8 Å². The van der Waals surface area contributed by atoms with Crippen molar-refractivity contribution in [2.45, 2.75) is 6.04 Å². The fourth-order valence-electron chi connectivity index (χ4n) is 2.38. The van der Waals surface area contributed by atoms with Crippen LogP contribution in [0.5, 0.6) is 11.5 Å². The molecule has 1 fully saturated rings. The molecule has 2 aliphatic heterocycles. The summed E-state index contributed by atoms with van der Waals surface area (Å²) in [5, 5.41) is 9.27. The van der Waals surface area contributed by atoms with E-state index in [9.17, 15) is 9.90 Å². The SMILES string of the molecule is O=C(/C=C/c1ccc2c(c1)OCO2)N1CCOCC1CO. The maximum atomic E-state index is 12.2. The zero-order chi connectivity index (χ0) is 14.7. The topological polar surface area (TPSA) is 68.2 Å². The Morgan fingerprint density at radius 1 is 1.38 bits per heavy atom. The minimum Gasteiger partial charge on any atom is -0.454 e. The minimum absolute atomic E-state index is 0.0936. The lowest BCUT2D eigenvalue weighted by Crippen LogP contribution is -2.49. The van der Waals surface area contributed by atoms with E-state index in [1.807, 2.05) is 18.2 Å². The lowest BCUT2D eigenvalue weighted by atomic mass is 10.1. The maximum Gasteiger partial charge on any atom is 0.247 e. The fraction of sp³-hybridized carbons (Fsp3) is 0.400. The first-order valence-electron chi connectivity index (χ1n) is 6.85. The van der Waals surface area contributed by atoms with Gasteiger partial charge in [0.2, 0.25) is 12.7 Å². The van der Waals surface area contributed by atoms with Gasteiger partial charge in [0.15, 0.2) is 11.5 Å². The third-order valence-corrected chi connectivity index (χ3v) is 3.54. The highest BCUT2D eigenvalue weighted by Crippen LogP contribution is 2.32. The Kier molecular flexibility index (Phi) is 4.08. The molecule has 1 N–H and O–H groups in total. The number of amides is 1. The number of hydrogen-bond acceptors (Lipinski definition) is 5. The molecule has 2 aliphatic rings. The molecule has 0 aliphatic carbocycles. The van der Waals surface area contributed by atoms with E-state index in [1.54, 1.807) is 11.0 Å². The summed E-state index contributed by atoms with van der Waals surface area (Å²) in [4.78, 5) is 13.8. The van der Waals surface area contributed by atoms with Gasteiger partial charge in [0, 0.05) is 12.6 Å². The van der Waals surface area contributed by atoms with Crippen LogP contribution in [0.4, 0.5) is 0 Å². The molecule has 0 spiro atoms. The molecule has 6 heteroatoms. The molecule has 0 radical (unpaired) electrons. The van der Waals surface area contributed by atoms with E-state index in [2.05, 4.69) is 0 Å². The molecule has 3 rings (SSSR count). The summed E-state index contributed by atoms with van der Waals surface area (Å²) in [6.45, 7) is 1.51. The average molecular weight is 291 g/mol. The maximum absolute atomic E-state index is 12.2. The number of nitrogens with zero attached hydrogens (tertiary/aromatic N) is 1. The summed E-state index contributed by atoms with van der Waals surface area (Å²) in [5.41, 5.74) is 0.862. The second kappa shape index (κ2) is 6.15. The molecule has 0 saturated carbocycles. The summed E-state index contributed by atoms with van der Waals surface area (Å²) >= 11 is 0. The predicted molar refractivity (Wildman–Crippen MR) is 75.0 cm³/mol. The second-order valence-corrected chi connectivity index (χ2v) is 4.89. The highest BCUT2D eigenvalue weighted by molar-refractivity contribution is 5.92. The number of carbonyl (C=O) groups excluding carboxylic acids is 1. The Balaban J connectivity index is 1.68. The molecule has 2 heterocycles. The van der Waals surface area contributed by atoms with E-state index < -0.39 is 0 Å². The number of hydrogen-bond donors (Lipinski definition) is 1. The van der Waals surface area contributed by atoms with Crippen LogP contribution in [0, 0.1) is 0 Å². The number of fused-ring (bicyclic) bond motifs is 1. The monoisotopic (exact) mass is 291 g/mol. The quantitative estimate of drug-likeness (QED) is 0.828. The Bertz CT molecular complexity index is 557. The first-order valence-corrected chi connectivity index (χ1v) is 6.85. The third kappa shape index (κ3) is 3.01. The van der Waals surface area contributed by atoms with Gasteiger partial charge in [-0.25, -0.2) is 0 Å².